The number of anilines is 1. The molecule has 12 nitrogen and oxygen atoms in total. The molecule has 1 saturated heterocycles. The summed E-state index contributed by atoms with van der Waals surface area (Å²) in [4.78, 5) is 31.1. The molecule has 3 aliphatic heterocycles. The Morgan fingerprint density at radius 1 is 1.05 bits per heavy atom. The summed E-state index contributed by atoms with van der Waals surface area (Å²) >= 11 is 0. The van der Waals surface area contributed by atoms with Crippen molar-refractivity contribution >= 4 is 33.3 Å². The molecule has 2 aromatic carbocycles. The molecule has 0 bridgehead atoms. The van der Waals surface area contributed by atoms with E-state index < -0.39 is 16.2 Å². The van der Waals surface area contributed by atoms with E-state index in [1.807, 2.05) is 6.08 Å². The van der Waals surface area contributed by atoms with Gasteiger partial charge in [-0.05, 0) is 74.0 Å². The van der Waals surface area contributed by atoms with Gasteiger partial charge in [0.15, 0.2) is 0 Å². The van der Waals surface area contributed by atoms with Gasteiger partial charge in [0, 0.05) is 35.6 Å². The van der Waals surface area contributed by atoms with Crippen molar-refractivity contribution in [2.75, 3.05) is 31.1 Å². The third kappa shape index (κ3) is 6.13. The predicted molar refractivity (Wildman–Crippen MR) is 146 cm³/mol. The van der Waals surface area contributed by atoms with Crippen LogP contribution in [0, 0.1) is 0 Å². The maximum Gasteiger partial charge on any atom is 0.327 e. The molecule has 206 valence electrons. The second-order valence-corrected chi connectivity index (χ2v) is 11.1. The quantitative estimate of drug-likeness (QED) is 0.195. The van der Waals surface area contributed by atoms with E-state index in [0.29, 0.717) is 11.3 Å². The molecule has 39 heavy (non-hydrogen) atoms. The highest BCUT2D eigenvalue weighted by atomic mass is 32.2. The lowest BCUT2D eigenvalue weighted by molar-refractivity contribution is 0.0917. The van der Waals surface area contributed by atoms with Gasteiger partial charge in [-0.3, -0.25) is 9.69 Å². The molecule has 7 N–H and O–H groups in total. The first kappa shape index (κ1) is 26.8. The molecule has 1 fully saturated rings. The number of nitrogens with two attached hydrogens (primary N) is 1. The molecule has 0 spiro atoms. The average molecular weight is 554 g/mol. The fourth-order valence-electron chi connectivity index (χ4n) is 4.66. The molecule has 3 amide bonds. The molecule has 1 atom stereocenters. The van der Waals surface area contributed by atoms with Crippen LogP contribution in [0.1, 0.15) is 28.8 Å². The Labute approximate surface area is 226 Å². The molecule has 0 aromatic heterocycles. The Hall–Kier alpha value is -3.75. The van der Waals surface area contributed by atoms with Gasteiger partial charge in [-0.1, -0.05) is 12.1 Å². The first-order valence-corrected chi connectivity index (χ1v) is 14.2. The summed E-state index contributed by atoms with van der Waals surface area (Å²) in [6.07, 6.45) is 4.76. The van der Waals surface area contributed by atoms with E-state index in [9.17, 15) is 18.0 Å². The largest absolute Gasteiger partial charge is 0.361 e. The van der Waals surface area contributed by atoms with E-state index >= 15 is 0 Å². The number of benzene rings is 2. The lowest BCUT2D eigenvalue weighted by atomic mass is 10.1. The summed E-state index contributed by atoms with van der Waals surface area (Å²) in [5.74, 6) is 4.69. The van der Waals surface area contributed by atoms with Crippen molar-refractivity contribution in [3.63, 3.8) is 0 Å². The van der Waals surface area contributed by atoms with Crippen molar-refractivity contribution < 1.29 is 22.8 Å². The summed E-state index contributed by atoms with van der Waals surface area (Å²) in [5.41, 5.74) is 3.43. The van der Waals surface area contributed by atoms with Gasteiger partial charge in [-0.15, -0.1) is 0 Å². The van der Waals surface area contributed by atoms with Crippen molar-refractivity contribution in [1.29, 1.82) is 0 Å². The minimum absolute atomic E-state index is 0.0680. The standard InChI is InChI=1S/C26H31N7O5S/c27-38-14-13-29-25(34)18-1-5-21(6-2-18)33-16-19-15-23(30-24(19)31-26(33)35)17-3-7-22(8-4-17)39(36,37)32-20-9-11-28-12-10-20/h1-8,15-16,20,24,28,30,32H,9-14,27H2,(H,29,34)(H,31,35). The van der Waals surface area contributed by atoms with Crippen LogP contribution in [0.25, 0.3) is 5.70 Å². The number of nitrogens with one attached hydrogen (secondary N) is 5. The van der Waals surface area contributed by atoms with E-state index in [1.165, 1.54) is 4.90 Å². The van der Waals surface area contributed by atoms with Crippen LogP contribution in [-0.4, -0.2) is 58.8 Å². The minimum Gasteiger partial charge on any atom is -0.361 e. The highest BCUT2D eigenvalue weighted by Gasteiger charge is 2.31. The van der Waals surface area contributed by atoms with Gasteiger partial charge >= 0.3 is 6.03 Å². The summed E-state index contributed by atoms with van der Waals surface area (Å²) in [6, 6.07) is 12.9. The van der Waals surface area contributed by atoms with Gasteiger partial charge < -0.3 is 26.1 Å². The molecule has 5 rings (SSSR count). The Bertz CT molecular complexity index is 1380. The Morgan fingerprint density at radius 3 is 2.46 bits per heavy atom. The number of carbonyl (C=O) groups is 2. The molecule has 0 radical (unpaired) electrons. The number of carbonyl (C=O) groups excluding carboxylic acids is 2. The van der Waals surface area contributed by atoms with Crippen molar-refractivity contribution in [3.8, 4) is 0 Å². The fourth-order valence-corrected chi connectivity index (χ4v) is 5.97. The van der Waals surface area contributed by atoms with Gasteiger partial charge in [-0.25, -0.2) is 23.8 Å². The maximum absolute atomic E-state index is 12.8. The summed E-state index contributed by atoms with van der Waals surface area (Å²) in [5, 5.41) is 12.1. The van der Waals surface area contributed by atoms with E-state index in [4.69, 9.17) is 5.90 Å². The first-order chi connectivity index (χ1) is 18.8. The van der Waals surface area contributed by atoms with Gasteiger partial charge in [0.2, 0.25) is 10.0 Å². The number of hydrogen-bond acceptors (Lipinski definition) is 8. The average Bonchev–Trinajstić information content (AvgIpc) is 3.36. The van der Waals surface area contributed by atoms with Gasteiger partial charge in [0.05, 0.1) is 17.2 Å². The number of rotatable bonds is 9. The molecule has 0 aliphatic carbocycles. The van der Waals surface area contributed by atoms with Crippen LogP contribution in [0.4, 0.5) is 10.5 Å². The van der Waals surface area contributed by atoms with Crippen LogP contribution >= 0.6 is 0 Å². The van der Waals surface area contributed by atoms with Gasteiger partial charge in [0.25, 0.3) is 5.91 Å². The second-order valence-electron chi connectivity index (χ2n) is 9.43. The summed E-state index contributed by atoms with van der Waals surface area (Å²) < 4.78 is 28.4. The van der Waals surface area contributed by atoms with Crippen molar-refractivity contribution in [2.45, 2.75) is 29.9 Å². The summed E-state index contributed by atoms with van der Waals surface area (Å²) in [6.45, 7) is 2.08. The number of hydrogen-bond donors (Lipinski definition) is 6. The van der Waals surface area contributed by atoms with Crippen LogP contribution in [0.5, 0.6) is 0 Å². The molecular formula is C26H31N7O5S. The number of amides is 3. The van der Waals surface area contributed by atoms with E-state index in [1.54, 1.807) is 54.7 Å². The normalized spacial score (nSPS) is 19.5. The predicted octanol–water partition coefficient (Wildman–Crippen LogP) is 0.721. The topological polar surface area (TPSA) is 167 Å². The molecule has 3 heterocycles. The first-order valence-electron chi connectivity index (χ1n) is 12.7. The Morgan fingerprint density at radius 2 is 1.77 bits per heavy atom. The van der Waals surface area contributed by atoms with Crippen LogP contribution in [-0.2, 0) is 14.9 Å². The number of nitrogens with zero attached hydrogens (tertiary/aromatic N) is 1. The van der Waals surface area contributed by atoms with Crippen LogP contribution in [0.3, 0.4) is 0 Å². The van der Waals surface area contributed by atoms with E-state index in [2.05, 4.69) is 30.8 Å². The molecule has 1 unspecified atom stereocenters. The van der Waals surface area contributed by atoms with Crippen LogP contribution < -0.4 is 36.8 Å². The SMILES string of the molecule is NOCCNC(=O)c1ccc(N2C=C3C=C(c4ccc(S(=O)(=O)NC5CCNCC5)cc4)NC3NC2=O)cc1. The monoisotopic (exact) mass is 553 g/mol. The van der Waals surface area contributed by atoms with Gasteiger partial charge in [0.1, 0.15) is 6.17 Å². The molecular weight excluding hydrogens is 522 g/mol. The highest BCUT2D eigenvalue weighted by molar-refractivity contribution is 7.89. The third-order valence-corrected chi connectivity index (χ3v) is 8.30. The zero-order valence-corrected chi connectivity index (χ0v) is 22.0. The van der Waals surface area contributed by atoms with Crippen molar-refractivity contribution in [1.82, 2.24) is 26.0 Å². The zero-order chi connectivity index (χ0) is 27.4. The molecule has 3 aliphatic rings. The lowest BCUT2D eigenvalue weighted by Crippen LogP contribution is -2.51. The minimum atomic E-state index is -3.61. The number of sulfonamides is 1. The number of piperidine rings is 1. The van der Waals surface area contributed by atoms with Crippen molar-refractivity contribution in [3.05, 3.63) is 77.5 Å². The van der Waals surface area contributed by atoms with Crippen molar-refractivity contribution in [2.24, 2.45) is 5.90 Å². The molecule has 0 saturated carbocycles. The second kappa shape index (κ2) is 11.6. The lowest BCUT2D eigenvalue weighted by Gasteiger charge is -2.29. The van der Waals surface area contributed by atoms with Gasteiger partial charge in [-0.2, -0.15) is 0 Å². The summed E-state index contributed by atoms with van der Waals surface area (Å²) in [7, 11) is -3.61. The highest BCUT2D eigenvalue weighted by Crippen LogP contribution is 2.28. The van der Waals surface area contributed by atoms with E-state index in [-0.39, 0.29) is 36.0 Å². The Kier molecular flexibility index (Phi) is 7.95. The zero-order valence-electron chi connectivity index (χ0n) is 21.1. The number of fused-ring (bicyclic) bond motifs is 1. The van der Waals surface area contributed by atoms with Crippen LogP contribution in [0.15, 0.2) is 71.3 Å². The molecule has 13 heteroatoms. The van der Waals surface area contributed by atoms with Crippen LogP contribution in [0.2, 0.25) is 0 Å². The third-order valence-electron chi connectivity index (χ3n) is 6.76. The Balaban J connectivity index is 1.27. The van der Waals surface area contributed by atoms with E-state index in [0.717, 1.165) is 42.8 Å². The maximum atomic E-state index is 12.8. The number of urea groups is 1. The fraction of sp³-hybridized carbons (Fsp3) is 0.308. The molecule has 2 aromatic rings. The smallest absolute Gasteiger partial charge is 0.327 e.